The van der Waals surface area contributed by atoms with Crippen molar-refractivity contribution in [1.29, 1.82) is 10.5 Å². The van der Waals surface area contributed by atoms with E-state index in [9.17, 15) is 20.1 Å². The number of carbonyl (C=O) groups excluding carboxylic acids is 2. The summed E-state index contributed by atoms with van der Waals surface area (Å²) in [6.07, 6.45) is 4.05. The van der Waals surface area contributed by atoms with E-state index in [0.29, 0.717) is 66.8 Å². The quantitative estimate of drug-likeness (QED) is 0.275. The second kappa shape index (κ2) is 12.6. The van der Waals surface area contributed by atoms with Crippen LogP contribution in [-0.2, 0) is 12.0 Å². The van der Waals surface area contributed by atoms with Gasteiger partial charge in [0.15, 0.2) is 0 Å². The molecule has 0 N–H and O–H groups in total. The number of hydrogen-bond donors (Lipinski definition) is 0. The molecule has 8 nitrogen and oxygen atoms in total. The summed E-state index contributed by atoms with van der Waals surface area (Å²) in [5.74, 6) is 0.181. The summed E-state index contributed by atoms with van der Waals surface area (Å²) in [6.45, 7) is 2.40. The number of rotatable bonds is 6. The second-order valence-electron chi connectivity index (χ2n) is 11.5. The highest BCUT2D eigenvalue weighted by Crippen LogP contribution is 2.35. The van der Waals surface area contributed by atoms with E-state index in [4.69, 9.17) is 9.72 Å². The van der Waals surface area contributed by atoms with Crippen LogP contribution in [0.4, 0.5) is 0 Å². The van der Waals surface area contributed by atoms with E-state index in [1.807, 2.05) is 53.4 Å². The first kappa shape index (κ1) is 28.9. The molecule has 2 saturated heterocycles. The van der Waals surface area contributed by atoms with E-state index < -0.39 is 5.41 Å². The molecule has 44 heavy (non-hydrogen) atoms. The normalized spacial score (nSPS) is 16.1. The monoisotopic (exact) mass is 583 g/mol. The molecule has 2 amide bonds. The summed E-state index contributed by atoms with van der Waals surface area (Å²) < 4.78 is 6.06. The predicted molar refractivity (Wildman–Crippen MR) is 166 cm³/mol. The molecule has 0 radical (unpaired) electrons. The minimum absolute atomic E-state index is 0.121. The lowest BCUT2D eigenvalue weighted by molar-refractivity contribution is 0.0686. The lowest BCUT2D eigenvalue weighted by atomic mass is 9.74. The molecule has 3 aromatic carbocycles. The fourth-order valence-corrected chi connectivity index (χ4v) is 6.24. The third kappa shape index (κ3) is 5.72. The van der Waals surface area contributed by atoms with E-state index in [-0.39, 0.29) is 24.1 Å². The van der Waals surface area contributed by atoms with Crippen molar-refractivity contribution in [2.24, 2.45) is 0 Å². The molecule has 6 rings (SSSR count). The van der Waals surface area contributed by atoms with Crippen LogP contribution >= 0.6 is 0 Å². The first-order valence-corrected chi connectivity index (χ1v) is 15.1. The summed E-state index contributed by atoms with van der Waals surface area (Å²) in [5, 5.41) is 20.1. The summed E-state index contributed by atoms with van der Waals surface area (Å²) >= 11 is 0. The molecule has 2 aliphatic rings. The van der Waals surface area contributed by atoms with Gasteiger partial charge < -0.3 is 14.5 Å². The van der Waals surface area contributed by atoms with E-state index >= 15 is 0 Å². The van der Waals surface area contributed by atoms with Crippen molar-refractivity contribution in [1.82, 2.24) is 14.8 Å². The average molecular weight is 584 g/mol. The van der Waals surface area contributed by atoms with Gasteiger partial charge in [0.25, 0.3) is 11.8 Å². The Kier molecular flexibility index (Phi) is 8.25. The van der Waals surface area contributed by atoms with Crippen LogP contribution in [0.25, 0.3) is 10.9 Å². The minimum Gasteiger partial charge on any atom is -0.489 e. The Balaban J connectivity index is 1.29. The van der Waals surface area contributed by atoms with Gasteiger partial charge >= 0.3 is 0 Å². The first-order chi connectivity index (χ1) is 21.5. The maximum Gasteiger partial charge on any atom is 0.272 e. The summed E-state index contributed by atoms with van der Waals surface area (Å²) in [4.78, 5) is 36.0. The minimum atomic E-state index is -0.631. The van der Waals surface area contributed by atoms with Gasteiger partial charge in [0.1, 0.15) is 18.1 Å². The van der Waals surface area contributed by atoms with Crippen LogP contribution in [-0.4, -0.2) is 52.8 Å². The molecule has 0 atom stereocenters. The number of likely N-dealkylation sites (tertiary alicyclic amines) is 2. The third-order valence-corrected chi connectivity index (χ3v) is 8.85. The Morgan fingerprint density at radius 3 is 2.25 bits per heavy atom. The number of piperidine rings is 2. The van der Waals surface area contributed by atoms with Gasteiger partial charge in [-0.3, -0.25) is 9.59 Å². The average Bonchev–Trinajstić information content (AvgIpc) is 3.10. The fraction of sp³-hybridized carbons (Fsp3) is 0.306. The highest BCUT2D eigenvalue weighted by atomic mass is 16.5. The van der Waals surface area contributed by atoms with Crippen molar-refractivity contribution in [3.63, 3.8) is 0 Å². The van der Waals surface area contributed by atoms with Crippen LogP contribution in [0.15, 0.2) is 78.9 Å². The van der Waals surface area contributed by atoms with E-state index in [1.165, 1.54) is 0 Å². The molecule has 3 heterocycles. The van der Waals surface area contributed by atoms with Gasteiger partial charge in [-0.15, -0.1) is 0 Å². The van der Waals surface area contributed by atoms with Gasteiger partial charge in [-0.25, -0.2) is 4.98 Å². The molecule has 220 valence electrons. The van der Waals surface area contributed by atoms with Gasteiger partial charge in [-0.05, 0) is 68.0 Å². The van der Waals surface area contributed by atoms with Crippen molar-refractivity contribution in [3.05, 3.63) is 107 Å². The Bertz CT molecular complexity index is 1780. The molecule has 4 aromatic rings. The van der Waals surface area contributed by atoms with Crippen molar-refractivity contribution < 1.29 is 14.3 Å². The maximum atomic E-state index is 13.9. The van der Waals surface area contributed by atoms with Crippen LogP contribution in [0.2, 0.25) is 0 Å². The zero-order valence-corrected chi connectivity index (χ0v) is 24.5. The number of nitrogens with zero attached hydrogens (tertiary/aromatic N) is 5. The Labute approximate surface area is 257 Å². The van der Waals surface area contributed by atoms with Crippen LogP contribution in [0.1, 0.15) is 69.6 Å². The number of aromatic nitrogens is 1. The van der Waals surface area contributed by atoms with Crippen molar-refractivity contribution >= 4 is 22.7 Å². The van der Waals surface area contributed by atoms with Crippen LogP contribution in [0.5, 0.6) is 5.75 Å². The number of pyridine rings is 1. The van der Waals surface area contributed by atoms with E-state index in [2.05, 4.69) is 12.1 Å². The largest absolute Gasteiger partial charge is 0.489 e. The van der Waals surface area contributed by atoms with Crippen LogP contribution in [0, 0.1) is 22.7 Å². The number of ether oxygens (including phenoxy) is 1. The molecule has 0 unspecified atom stereocenters. The molecular formula is C36H33N5O3. The maximum absolute atomic E-state index is 13.9. The molecule has 8 heteroatoms. The fourth-order valence-electron chi connectivity index (χ4n) is 6.24. The standard InChI is InChI=1S/C36H33N5O3/c37-23-26-9-5-6-10-27(26)24-44-29-13-14-32-30(21-29)31(34(42)40-17-7-2-8-18-40)22-33(39-32)35(43)41-19-15-36(25-38,16-20-41)28-11-3-1-4-12-28/h1,3-6,9-14,21-22H,2,7-8,15-20,24H2. The van der Waals surface area contributed by atoms with Gasteiger partial charge in [-0.1, -0.05) is 48.5 Å². The smallest absolute Gasteiger partial charge is 0.272 e. The van der Waals surface area contributed by atoms with E-state index in [1.54, 1.807) is 35.2 Å². The number of fused-ring (bicyclic) bond motifs is 1. The van der Waals surface area contributed by atoms with Crippen LogP contribution < -0.4 is 4.74 Å². The lowest BCUT2D eigenvalue weighted by Crippen LogP contribution is -2.45. The number of carbonyl (C=O) groups is 2. The molecular weight excluding hydrogens is 550 g/mol. The van der Waals surface area contributed by atoms with Crippen molar-refractivity contribution in [2.75, 3.05) is 26.2 Å². The van der Waals surface area contributed by atoms with Gasteiger partial charge in [-0.2, -0.15) is 10.5 Å². The number of amides is 2. The molecule has 1 aromatic heterocycles. The SMILES string of the molecule is N#Cc1ccccc1COc1ccc2nc(C(=O)N3CCC(C#N)(c4ccccc4)CC3)cc(C(=O)N3CCCCC3)c2c1. The van der Waals surface area contributed by atoms with Crippen LogP contribution in [0.3, 0.4) is 0 Å². The van der Waals surface area contributed by atoms with Gasteiger partial charge in [0.05, 0.1) is 34.2 Å². The highest BCUT2D eigenvalue weighted by molar-refractivity contribution is 6.09. The first-order valence-electron chi connectivity index (χ1n) is 15.1. The number of hydrogen-bond acceptors (Lipinski definition) is 6. The van der Waals surface area contributed by atoms with Crippen molar-refractivity contribution in [2.45, 2.75) is 44.1 Å². The number of nitriles is 2. The molecule has 0 bridgehead atoms. The molecule has 0 saturated carbocycles. The molecule has 2 aliphatic heterocycles. The zero-order valence-electron chi connectivity index (χ0n) is 24.5. The Hall–Kier alpha value is -5.21. The van der Waals surface area contributed by atoms with E-state index in [0.717, 1.165) is 30.4 Å². The van der Waals surface area contributed by atoms with Crippen molar-refractivity contribution in [3.8, 4) is 17.9 Å². The van der Waals surface area contributed by atoms with Gasteiger partial charge in [0.2, 0.25) is 0 Å². The van der Waals surface area contributed by atoms with Gasteiger partial charge in [0, 0.05) is 37.1 Å². The summed E-state index contributed by atoms with van der Waals surface area (Å²) in [7, 11) is 0. The Morgan fingerprint density at radius 2 is 1.52 bits per heavy atom. The predicted octanol–water partition coefficient (Wildman–Crippen LogP) is 6.01. The topological polar surface area (TPSA) is 110 Å². The number of benzene rings is 3. The molecule has 0 aliphatic carbocycles. The summed E-state index contributed by atoms with van der Waals surface area (Å²) in [6, 6.07) is 28.7. The summed E-state index contributed by atoms with van der Waals surface area (Å²) in [5.41, 5.74) is 2.85. The molecule has 0 spiro atoms. The third-order valence-electron chi connectivity index (χ3n) is 8.85. The zero-order chi connectivity index (χ0) is 30.5. The molecule has 2 fully saturated rings. The second-order valence-corrected chi connectivity index (χ2v) is 11.5. The highest BCUT2D eigenvalue weighted by Gasteiger charge is 2.38. The lowest BCUT2D eigenvalue weighted by Gasteiger charge is -2.37. The Morgan fingerprint density at radius 1 is 0.818 bits per heavy atom.